The second kappa shape index (κ2) is 12.5. The minimum Gasteiger partial charge on any atom is -0.376 e. The molecule has 0 aromatic heterocycles. The van der Waals surface area contributed by atoms with Crippen LogP contribution in [0.1, 0.15) is 22.3 Å². The molecule has 174 valence electrons. The van der Waals surface area contributed by atoms with E-state index in [1.54, 1.807) is 0 Å². The van der Waals surface area contributed by atoms with Crippen LogP contribution in [0.25, 0.3) is 0 Å². The van der Waals surface area contributed by atoms with E-state index in [9.17, 15) is 9.59 Å². The number of hydrazone groups is 2. The van der Waals surface area contributed by atoms with Crippen LogP contribution in [0.5, 0.6) is 0 Å². The fourth-order valence-electron chi connectivity index (χ4n) is 2.88. The number of hydrogen-bond acceptors (Lipinski definition) is 6. The smallest absolute Gasteiger partial charge is 0.259 e. The van der Waals surface area contributed by atoms with Crippen molar-refractivity contribution in [2.75, 3.05) is 23.7 Å². The molecule has 0 aliphatic heterocycles. The minimum absolute atomic E-state index is 0.103. The third-order valence-corrected chi connectivity index (χ3v) is 4.79. The number of aryl methyl sites for hydroxylation is 2. The molecule has 3 aromatic carbocycles. The molecule has 8 nitrogen and oxygen atoms in total. The molecule has 4 N–H and O–H groups in total. The van der Waals surface area contributed by atoms with E-state index in [0.717, 1.165) is 33.6 Å². The van der Waals surface area contributed by atoms with Crippen LogP contribution in [0.4, 0.5) is 11.4 Å². The van der Waals surface area contributed by atoms with Crippen molar-refractivity contribution in [3.63, 3.8) is 0 Å². The molecule has 0 atom stereocenters. The van der Waals surface area contributed by atoms with Gasteiger partial charge in [0, 0.05) is 22.5 Å². The zero-order valence-electron chi connectivity index (χ0n) is 19.2. The van der Waals surface area contributed by atoms with Crippen molar-refractivity contribution in [1.29, 1.82) is 0 Å². The zero-order valence-corrected chi connectivity index (χ0v) is 19.2. The minimum atomic E-state index is -0.267. The first-order valence-corrected chi connectivity index (χ1v) is 10.8. The molecule has 3 aromatic rings. The average molecular weight is 457 g/mol. The Morgan fingerprint density at radius 3 is 1.41 bits per heavy atom. The van der Waals surface area contributed by atoms with Crippen LogP contribution in [-0.4, -0.2) is 37.3 Å². The highest BCUT2D eigenvalue weighted by molar-refractivity contribution is 5.95. The van der Waals surface area contributed by atoms with Gasteiger partial charge in [-0.15, -0.1) is 0 Å². The lowest BCUT2D eigenvalue weighted by atomic mass is 10.1. The molecule has 0 bridgehead atoms. The van der Waals surface area contributed by atoms with Crippen molar-refractivity contribution in [2.24, 2.45) is 10.2 Å². The molecule has 0 saturated heterocycles. The van der Waals surface area contributed by atoms with Gasteiger partial charge in [-0.05, 0) is 38.1 Å². The van der Waals surface area contributed by atoms with Crippen LogP contribution in [0.3, 0.4) is 0 Å². The molecule has 0 saturated carbocycles. The van der Waals surface area contributed by atoms with Gasteiger partial charge in [0.05, 0.1) is 25.5 Å². The van der Waals surface area contributed by atoms with E-state index in [4.69, 9.17) is 0 Å². The second-order valence-corrected chi connectivity index (χ2v) is 7.65. The maximum Gasteiger partial charge on any atom is 0.259 e. The van der Waals surface area contributed by atoms with Gasteiger partial charge < -0.3 is 10.6 Å². The van der Waals surface area contributed by atoms with E-state index in [1.165, 1.54) is 12.4 Å². The van der Waals surface area contributed by atoms with Gasteiger partial charge in [-0.1, -0.05) is 59.7 Å². The molecule has 0 heterocycles. The molecule has 0 aliphatic carbocycles. The summed E-state index contributed by atoms with van der Waals surface area (Å²) in [6.45, 7) is 4.22. The molecule has 0 spiro atoms. The number of nitrogens with one attached hydrogen (secondary N) is 4. The first-order chi connectivity index (χ1) is 16.5. The van der Waals surface area contributed by atoms with Gasteiger partial charge in [-0.3, -0.25) is 9.59 Å². The predicted molar refractivity (Wildman–Crippen MR) is 137 cm³/mol. The monoisotopic (exact) mass is 456 g/mol. The highest BCUT2D eigenvalue weighted by Gasteiger charge is 2.02. The van der Waals surface area contributed by atoms with Gasteiger partial charge in [-0.25, -0.2) is 10.9 Å². The van der Waals surface area contributed by atoms with Crippen molar-refractivity contribution in [3.8, 4) is 0 Å². The molecule has 0 radical (unpaired) electrons. The van der Waals surface area contributed by atoms with Crippen molar-refractivity contribution in [1.82, 2.24) is 10.9 Å². The van der Waals surface area contributed by atoms with E-state index in [2.05, 4.69) is 31.7 Å². The van der Waals surface area contributed by atoms with Crippen molar-refractivity contribution in [3.05, 3.63) is 95.1 Å². The standard InChI is InChI=1S/C26H28N6O2/c1-19-7-11-23(12-8-19)27-17-25(33)31-29-15-21-5-3-4-6-22(21)16-30-32-26(34)18-28-24-13-9-20(2)10-14-24/h3-16,27-28H,17-18H2,1-2H3,(H,31,33)(H,32,34). The van der Waals surface area contributed by atoms with Gasteiger partial charge in [0.1, 0.15) is 0 Å². The average Bonchev–Trinajstić information content (AvgIpc) is 2.84. The first-order valence-electron chi connectivity index (χ1n) is 10.8. The SMILES string of the molecule is Cc1ccc(NCC(=O)NN=Cc2ccccc2C=NNC(=O)CNc2ccc(C)cc2)cc1. The van der Waals surface area contributed by atoms with E-state index in [-0.39, 0.29) is 24.9 Å². The lowest BCUT2D eigenvalue weighted by molar-refractivity contribution is -0.120. The highest BCUT2D eigenvalue weighted by Crippen LogP contribution is 2.08. The third kappa shape index (κ3) is 8.23. The van der Waals surface area contributed by atoms with Gasteiger partial charge in [0.2, 0.25) is 0 Å². The van der Waals surface area contributed by atoms with Crippen LogP contribution >= 0.6 is 0 Å². The molecule has 3 rings (SSSR count). The van der Waals surface area contributed by atoms with Gasteiger partial charge in [0.25, 0.3) is 11.8 Å². The van der Waals surface area contributed by atoms with Crippen molar-refractivity contribution >= 4 is 35.6 Å². The second-order valence-electron chi connectivity index (χ2n) is 7.65. The predicted octanol–water partition coefficient (Wildman–Crippen LogP) is 3.43. The number of amides is 2. The zero-order chi connectivity index (χ0) is 24.2. The summed E-state index contributed by atoms with van der Waals surface area (Å²) in [6.07, 6.45) is 3.07. The maximum absolute atomic E-state index is 12.0. The Morgan fingerprint density at radius 1 is 0.647 bits per heavy atom. The number of rotatable bonds is 10. The van der Waals surface area contributed by atoms with Crippen molar-refractivity contribution < 1.29 is 9.59 Å². The molecule has 8 heteroatoms. The topological polar surface area (TPSA) is 107 Å². The number of carbonyl (C=O) groups is 2. The fourth-order valence-corrected chi connectivity index (χ4v) is 2.88. The molecular weight excluding hydrogens is 428 g/mol. The Morgan fingerprint density at radius 2 is 1.03 bits per heavy atom. The Hall–Kier alpha value is -4.46. The first kappa shape index (κ1) is 24.2. The summed E-state index contributed by atoms with van der Waals surface area (Å²) in [5.74, 6) is -0.535. The molecule has 34 heavy (non-hydrogen) atoms. The molecule has 0 unspecified atom stereocenters. The molecular formula is C26H28N6O2. The Balaban J connectivity index is 1.45. The highest BCUT2D eigenvalue weighted by atomic mass is 16.2. The van der Waals surface area contributed by atoms with Crippen LogP contribution < -0.4 is 21.5 Å². The van der Waals surface area contributed by atoms with Crippen LogP contribution in [-0.2, 0) is 9.59 Å². The van der Waals surface area contributed by atoms with Gasteiger partial charge in [0.15, 0.2) is 0 Å². The summed E-state index contributed by atoms with van der Waals surface area (Å²) in [5, 5.41) is 14.1. The van der Waals surface area contributed by atoms with Crippen LogP contribution in [0.15, 0.2) is 83.0 Å². The number of anilines is 2. The van der Waals surface area contributed by atoms with Crippen LogP contribution in [0.2, 0.25) is 0 Å². The summed E-state index contributed by atoms with van der Waals surface area (Å²) in [5.41, 5.74) is 10.5. The number of benzene rings is 3. The van der Waals surface area contributed by atoms with E-state index >= 15 is 0 Å². The lowest BCUT2D eigenvalue weighted by Crippen LogP contribution is -2.26. The third-order valence-electron chi connectivity index (χ3n) is 4.79. The van der Waals surface area contributed by atoms with E-state index < -0.39 is 0 Å². The fraction of sp³-hybridized carbons (Fsp3) is 0.154. The molecule has 0 fully saturated rings. The molecule has 0 aliphatic rings. The lowest BCUT2D eigenvalue weighted by Gasteiger charge is -2.06. The number of carbonyl (C=O) groups excluding carboxylic acids is 2. The van der Waals surface area contributed by atoms with E-state index in [1.807, 2.05) is 86.6 Å². The number of hydrogen-bond donors (Lipinski definition) is 4. The maximum atomic E-state index is 12.0. The summed E-state index contributed by atoms with van der Waals surface area (Å²) < 4.78 is 0. The number of nitrogens with zero attached hydrogens (tertiary/aromatic N) is 2. The normalized spacial score (nSPS) is 10.9. The Labute approximate surface area is 199 Å². The van der Waals surface area contributed by atoms with Crippen LogP contribution in [0, 0.1) is 13.8 Å². The van der Waals surface area contributed by atoms with Crippen molar-refractivity contribution in [2.45, 2.75) is 13.8 Å². The van der Waals surface area contributed by atoms with Gasteiger partial charge >= 0.3 is 0 Å². The molecule has 2 amide bonds. The quantitative estimate of drug-likeness (QED) is 0.277. The Bertz CT molecular complexity index is 1060. The summed E-state index contributed by atoms with van der Waals surface area (Å²) >= 11 is 0. The summed E-state index contributed by atoms with van der Waals surface area (Å²) in [6, 6.07) is 22.9. The summed E-state index contributed by atoms with van der Waals surface area (Å²) in [4.78, 5) is 24.0. The Kier molecular flexibility index (Phi) is 8.92. The largest absolute Gasteiger partial charge is 0.376 e. The van der Waals surface area contributed by atoms with E-state index in [0.29, 0.717) is 0 Å². The summed E-state index contributed by atoms with van der Waals surface area (Å²) in [7, 11) is 0. The van der Waals surface area contributed by atoms with Gasteiger partial charge in [-0.2, -0.15) is 10.2 Å².